The second kappa shape index (κ2) is 16.9. The number of aromatic amines is 1. The second-order valence-electron chi connectivity index (χ2n) is 15.6. The number of benzene rings is 2. The number of carbonyl (C=O) groups excluding carboxylic acids is 4. The number of anilines is 1. The summed E-state index contributed by atoms with van der Waals surface area (Å²) < 4.78 is 10.4. The zero-order valence-corrected chi connectivity index (χ0v) is 32.0. The highest BCUT2D eigenvalue weighted by atomic mass is 35.5. The van der Waals surface area contributed by atoms with Gasteiger partial charge in [-0.2, -0.15) is 0 Å². The van der Waals surface area contributed by atoms with E-state index in [4.69, 9.17) is 20.8 Å². The standard InChI is InChI=1S/C41H49ClN4O7/c1-23(2)17-36(48)33-16-15-31(24(3)44-33)27-11-7-25(8-12-27)18-29(38(49)45-30-20-32(42)37-34(21-30)46-40(51)52-37)19-35(47)28-13-9-26(10-14-28)22-43-39(50)53-41(4,5)6/h7-8,11-12,15-16,20-21,23,26,28-29H,9-10,13-14,17-19,22H2,1-6H3,(H,43,50)(H,45,49)(H,46,51)/t26?,28?,29-/m1/s1. The Balaban J connectivity index is 1.28. The van der Waals surface area contributed by atoms with Crippen LogP contribution in [-0.4, -0.2) is 45.7 Å². The fourth-order valence-electron chi connectivity index (χ4n) is 6.83. The molecule has 1 aliphatic rings. The number of halogens is 1. The minimum atomic E-state index is -0.688. The van der Waals surface area contributed by atoms with Crippen molar-refractivity contribution in [3.63, 3.8) is 0 Å². The summed E-state index contributed by atoms with van der Waals surface area (Å²) in [4.78, 5) is 71.2. The zero-order chi connectivity index (χ0) is 38.4. The Labute approximate surface area is 314 Å². The maximum atomic E-state index is 13.9. The van der Waals surface area contributed by atoms with Crippen LogP contribution >= 0.6 is 11.6 Å². The predicted octanol–water partition coefficient (Wildman–Crippen LogP) is 8.46. The van der Waals surface area contributed by atoms with E-state index in [1.807, 2.05) is 71.9 Å². The van der Waals surface area contributed by atoms with Gasteiger partial charge in [0.1, 0.15) is 17.1 Å². The number of H-pyrrole nitrogens is 1. The van der Waals surface area contributed by atoms with Crippen molar-refractivity contribution in [2.45, 2.75) is 92.1 Å². The molecule has 0 radical (unpaired) electrons. The number of aryl methyl sites for hydroxylation is 1. The number of alkyl carbamates (subject to hydrolysis) is 1. The van der Waals surface area contributed by atoms with Crippen LogP contribution in [0.15, 0.2) is 57.7 Å². The highest BCUT2D eigenvalue weighted by molar-refractivity contribution is 6.35. The molecule has 1 aliphatic carbocycles. The molecule has 2 aromatic carbocycles. The number of amides is 2. The fourth-order valence-corrected chi connectivity index (χ4v) is 7.09. The number of Topliss-reactive ketones (excluding diaryl/α,β-unsaturated/α-hetero) is 2. The first kappa shape index (κ1) is 39.4. The normalized spacial score (nSPS) is 16.7. The van der Waals surface area contributed by atoms with Crippen molar-refractivity contribution in [2.75, 3.05) is 11.9 Å². The fraction of sp³-hybridized carbons (Fsp3) is 0.463. The van der Waals surface area contributed by atoms with Crippen LogP contribution in [0, 0.1) is 30.6 Å². The van der Waals surface area contributed by atoms with Crippen LogP contribution in [0.2, 0.25) is 5.02 Å². The molecule has 12 heteroatoms. The number of aromatic nitrogens is 2. The molecule has 282 valence electrons. The summed E-state index contributed by atoms with van der Waals surface area (Å²) in [7, 11) is 0. The maximum absolute atomic E-state index is 13.9. The van der Waals surface area contributed by atoms with Crippen LogP contribution in [-0.2, 0) is 20.7 Å². The summed E-state index contributed by atoms with van der Waals surface area (Å²) in [6.45, 7) is 11.8. The van der Waals surface area contributed by atoms with E-state index in [9.17, 15) is 24.0 Å². The van der Waals surface area contributed by atoms with Crippen molar-refractivity contribution in [1.82, 2.24) is 15.3 Å². The van der Waals surface area contributed by atoms with Gasteiger partial charge < -0.3 is 19.8 Å². The highest BCUT2D eigenvalue weighted by Crippen LogP contribution is 2.32. The molecule has 0 saturated heterocycles. The molecule has 4 aromatic rings. The van der Waals surface area contributed by atoms with E-state index in [0.717, 1.165) is 35.2 Å². The lowest BCUT2D eigenvalue weighted by Gasteiger charge is -2.29. The number of carbonyl (C=O) groups is 4. The van der Waals surface area contributed by atoms with Gasteiger partial charge in [-0.1, -0.05) is 55.8 Å². The Morgan fingerprint density at radius 1 is 1.00 bits per heavy atom. The number of ketones is 2. The van der Waals surface area contributed by atoms with E-state index in [-0.39, 0.29) is 52.3 Å². The summed E-state index contributed by atoms with van der Waals surface area (Å²) in [5.41, 5.74) is 4.25. The molecule has 2 amide bonds. The maximum Gasteiger partial charge on any atom is 0.417 e. The Bertz CT molecular complexity index is 2020. The van der Waals surface area contributed by atoms with Crippen LogP contribution in [0.1, 0.15) is 94.9 Å². The predicted molar refractivity (Wildman–Crippen MR) is 205 cm³/mol. The Kier molecular flexibility index (Phi) is 12.6. The van der Waals surface area contributed by atoms with Crippen molar-refractivity contribution < 1.29 is 28.3 Å². The quantitative estimate of drug-likeness (QED) is 0.115. The van der Waals surface area contributed by atoms with Crippen LogP contribution < -0.4 is 16.4 Å². The number of pyridine rings is 1. The number of nitrogens with one attached hydrogen (secondary N) is 3. The molecule has 1 fully saturated rings. The van der Waals surface area contributed by atoms with Crippen LogP contribution in [0.25, 0.3) is 22.2 Å². The third-order valence-corrected chi connectivity index (χ3v) is 9.79. The second-order valence-corrected chi connectivity index (χ2v) is 16.0. The lowest BCUT2D eigenvalue weighted by molar-refractivity contribution is -0.129. The van der Waals surface area contributed by atoms with Crippen molar-refractivity contribution in [2.24, 2.45) is 23.7 Å². The van der Waals surface area contributed by atoms with Gasteiger partial charge in [0.15, 0.2) is 11.4 Å². The first-order valence-corrected chi connectivity index (χ1v) is 18.7. The van der Waals surface area contributed by atoms with Crippen molar-refractivity contribution in [1.29, 1.82) is 0 Å². The number of oxazole rings is 1. The number of fused-ring (bicyclic) bond motifs is 1. The van der Waals surface area contributed by atoms with Crippen LogP contribution in [0.5, 0.6) is 0 Å². The monoisotopic (exact) mass is 744 g/mol. The van der Waals surface area contributed by atoms with Gasteiger partial charge in [-0.25, -0.2) is 14.6 Å². The van der Waals surface area contributed by atoms with E-state index in [0.29, 0.717) is 49.1 Å². The Morgan fingerprint density at radius 2 is 1.70 bits per heavy atom. The molecule has 53 heavy (non-hydrogen) atoms. The van der Waals surface area contributed by atoms with E-state index in [1.54, 1.807) is 12.1 Å². The molecule has 1 saturated carbocycles. The van der Waals surface area contributed by atoms with E-state index in [2.05, 4.69) is 20.6 Å². The summed E-state index contributed by atoms with van der Waals surface area (Å²) in [6.07, 6.45) is 3.28. The average Bonchev–Trinajstić information content (AvgIpc) is 3.47. The molecule has 1 atom stereocenters. The van der Waals surface area contributed by atoms with Gasteiger partial charge in [0.05, 0.1) is 10.5 Å². The SMILES string of the molecule is Cc1nc(C(=O)CC(C)C)ccc1-c1ccc(C[C@H](CC(=O)C2CCC(CNC(=O)OC(C)(C)C)CC2)C(=O)Nc2cc(Cl)c3oc(=O)[nH]c3c2)cc1. The molecule has 3 N–H and O–H groups in total. The lowest BCUT2D eigenvalue weighted by Crippen LogP contribution is -2.37. The van der Waals surface area contributed by atoms with Gasteiger partial charge in [0, 0.05) is 48.2 Å². The molecular formula is C41H49ClN4O7. The molecule has 5 rings (SSSR count). The van der Waals surface area contributed by atoms with Crippen molar-refractivity contribution >= 4 is 52.0 Å². The molecule has 0 aliphatic heterocycles. The number of hydrogen-bond donors (Lipinski definition) is 3. The molecular weight excluding hydrogens is 696 g/mol. The van der Waals surface area contributed by atoms with Crippen LogP contribution in [0.3, 0.4) is 0 Å². The smallest absolute Gasteiger partial charge is 0.417 e. The van der Waals surface area contributed by atoms with Gasteiger partial charge in [0.25, 0.3) is 0 Å². The number of nitrogens with zero attached hydrogens (tertiary/aromatic N) is 1. The van der Waals surface area contributed by atoms with E-state index < -0.39 is 23.4 Å². The Hall–Kier alpha value is -4.77. The summed E-state index contributed by atoms with van der Waals surface area (Å²) in [5.74, 6) is -1.33. The van der Waals surface area contributed by atoms with Gasteiger partial charge in [0.2, 0.25) is 5.91 Å². The number of ether oxygens (including phenoxy) is 1. The first-order chi connectivity index (χ1) is 25.0. The van der Waals surface area contributed by atoms with Gasteiger partial charge in [-0.05, 0) is 101 Å². The topological polar surface area (TPSA) is 160 Å². The molecule has 11 nitrogen and oxygen atoms in total. The molecule has 0 unspecified atom stereocenters. The molecule has 2 aromatic heterocycles. The summed E-state index contributed by atoms with van der Waals surface area (Å²) in [5, 5.41) is 5.92. The number of hydrogen-bond acceptors (Lipinski definition) is 8. The minimum absolute atomic E-state index is 0.0207. The third-order valence-electron chi connectivity index (χ3n) is 9.51. The zero-order valence-electron chi connectivity index (χ0n) is 31.3. The first-order valence-electron chi connectivity index (χ1n) is 18.3. The summed E-state index contributed by atoms with van der Waals surface area (Å²) >= 11 is 6.34. The molecule has 0 spiro atoms. The largest absolute Gasteiger partial charge is 0.444 e. The highest BCUT2D eigenvalue weighted by Gasteiger charge is 2.31. The lowest BCUT2D eigenvalue weighted by atomic mass is 9.77. The van der Waals surface area contributed by atoms with Crippen molar-refractivity contribution in [3.05, 3.63) is 81.1 Å². The summed E-state index contributed by atoms with van der Waals surface area (Å²) in [6, 6.07) is 14.6. The minimum Gasteiger partial charge on any atom is -0.444 e. The average molecular weight is 745 g/mol. The molecule has 0 bridgehead atoms. The van der Waals surface area contributed by atoms with Gasteiger partial charge in [-0.15, -0.1) is 0 Å². The Morgan fingerprint density at radius 3 is 2.34 bits per heavy atom. The van der Waals surface area contributed by atoms with E-state index >= 15 is 0 Å². The number of rotatable bonds is 13. The van der Waals surface area contributed by atoms with E-state index in [1.165, 1.54) is 6.07 Å². The van der Waals surface area contributed by atoms with Gasteiger partial charge >= 0.3 is 11.8 Å². The third kappa shape index (κ3) is 10.9. The molecule has 2 heterocycles. The van der Waals surface area contributed by atoms with Crippen molar-refractivity contribution in [3.8, 4) is 11.1 Å². The van der Waals surface area contributed by atoms with Crippen LogP contribution in [0.4, 0.5) is 10.5 Å². The van der Waals surface area contributed by atoms with Gasteiger partial charge in [-0.3, -0.25) is 19.4 Å².